The predicted molar refractivity (Wildman–Crippen MR) is 256 cm³/mol. The number of hydrogen-bond donors (Lipinski definition) is 0. The normalized spacial score (nSPS) is 12.7. The van der Waals surface area contributed by atoms with E-state index in [4.69, 9.17) is 29.7 Å². The lowest BCUT2D eigenvalue weighted by atomic mass is 9.88. The number of nitrogens with zero attached hydrogens (tertiary/aromatic N) is 8. The van der Waals surface area contributed by atoms with Crippen molar-refractivity contribution < 1.29 is 4.74 Å². The molecule has 9 heteroatoms. The Labute approximate surface area is 368 Å². The number of anilines is 4. The van der Waals surface area contributed by atoms with Crippen molar-refractivity contribution in [3.63, 3.8) is 0 Å². The Balaban J connectivity index is 1.03. The lowest BCUT2D eigenvalue weighted by molar-refractivity contribution is 0.483. The minimum absolute atomic E-state index is 0.0191. The molecule has 0 bridgehead atoms. The lowest BCUT2D eigenvalue weighted by Gasteiger charge is -2.22. The van der Waals surface area contributed by atoms with Crippen LogP contribution < -0.4 is 14.5 Å². The van der Waals surface area contributed by atoms with E-state index in [0.717, 1.165) is 78.6 Å². The van der Waals surface area contributed by atoms with Crippen LogP contribution in [0.4, 0.5) is 23.1 Å². The second kappa shape index (κ2) is 15.2. The second-order valence-electron chi connectivity index (χ2n) is 18.0. The highest BCUT2D eigenvalue weighted by Gasteiger charge is 2.32. The van der Waals surface area contributed by atoms with E-state index >= 15 is 0 Å². The summed E-state index contributed by atoms with van der Waals surface area (Å²) in [4.78, 5) is 29.8. The molecule has 0 saturated heterocycles. The molecule has 0 saturated carbocycles. The molecule has 0 fully saturated rings. The fraction of sp³-hybridized carbons (Fsp3) is 0.204. The van der Waals surface area contributed by atoms with E-state index in [2.05, 4.69) is 168 Å². The Morgan fingerprint density at radius 1 is 0.540 bits per heavy atom. The highest BCUT2D eigenvalue weighted by Crippen LogP contribution is 2.44. The van der Waals surface area contributed by atoms with Crippen LogP contribution in [0.2, 0.25) is 0 Å². The van der Waals surface area contributed by atoms with Crippen LogP contribution >= 0.6 is 0 Å². The number of ether oxygens (including phenoxy) is 1. The first-order chi connectivity index (χ1) is 30.3. The number of fused-ring (bicyclic) bond motifs is 4. The Hall–Kier alpha value is -7.39. The highest BCUT2D eigenvalue weighted by molar-refractivity contribution is 6.09. The van der Waals surface area contributed by atoms with Gasteiger partial charge in [0.25, 0.3) is 0 Å². The van der Waals surface area contributed by atoms with E-state index in [0.29, 0.717) is 30.0 Å². The molecule has 0 spiro atoms. The monoisotopic (exact) mass is 826 g/mol. The van der Waals surface area contributed by atoms with Gasteiger partial charge in [0.2, 0.25) is 5.95 Å². The molecule has 0 amide bonds. The zero-order valence-electron chi connectivity index (χ0n) is 37.3. The topological polar surface area (TPSA) is 85.1 Å². The zero-order chi connectivity index (χ0) is 43.7. The van der Waals surface area contributed by atoms with Gasteiger partial charge in [-0.25, -0.2) is 15.0 Å². The summed E-state index contributed by atoms with van der Waals surface area (Å²) >= 11 is 0. The summed E-state index contributed by atoms with van der Waals surface area (Å²) in [6.45, 7) is 19.9. The van der Waals surface area contributed by atoms with Gasteiger partial charge in [-0.05, 0) is 129 Å². The largest absolute Gasteiger partial charge is 0.457 e. The van der Waals surface area contributed by atoms with Gasteiger partial charge in [0, 0.05) is 52.1 Å². The molecule has 312 valence electrons. The third-order valence-corrected chi connectivity index (χ3v) is 12.1. The van der Waals surface area contributed by atoms with Crippen LogP contribution in [0.5, 0.6) is 11.5 Å². The van der Waals surface area contributed by atoms with Crippen molar-refractivity contribution in [1.82, 2.24) is 29.5 Å². The molecule has 0 atom stereocenters. The van der Waals surface area contributed by atoms with Crippen molar-refractivity contribution in [2.75, 3.05) is 16.5 Å². The molecule has 63 heavy (non-hydrogen) atoms. The van der Waals surface area contributed by atoms with Crippen LogP contribution in [-0.2, 0) is 5.41 Å². The first kappa shape index (κ1) is 39.7. The fourth-order valence-corrected chi connectivity index (χ4v) is 9.36. The summed E-state index contributed by atoms with van der Waals surface area (Å²) in [6.07, 6.45) is 3.74. The number of para-hydroxylation sites is 1. The van der Waals surface area contributed by atoms with Gasteiger partial charge in [-0.15, -0.1) is 0 Å². The van der Waals surface area contributed by atoms with Crippen molar-refractivity contribution in [2.45, 2.75) is 67.7 Å². The van der Waals surface area contributed by atoms with Gasteiger partial charge in [0.15, 0.2) is 17.5 Å². The molecule has 0 aliphatic carbocycles. The molecule has 4 aromatic heterocycles. The van der Waals surface area contributed by atoms with Gasteiger partial charge in [0.1, 0.15) is 24.0 Å². The quantitative estimate of drug-likeness (QED) is 0.157. The molecule has 5 aromatic carbocycles. The van der Waals surface area contributed by atoms with E-state index in [1.807, 2.05) is 36.7 Å². The third-order valence-electron chi connectivity index (χ3n) is 12.1. The molecular formula is C54H50N8O. The SMILES string of the molecule is Cc1cc(C)c(-c2nc(-c3c(C)cc(C)cc3C)nc(N3CN(c4cccc(Oc5ccc6c7ccccc7n(-c7cc(C(C)(C)C)ccn7)c6c5)c4)c4ncccc43)n2)c(C)c1. The first-order valence-corrected chi connectivity index (χ1v) is 21.5. The van der Waals surface area contributed by atoms with Crippen molar-refractivity contribution in [3.05, 3.63) is 167 Å². The van der Waals surface area contributed by atoms with Crippen LogP contribution in [-0.4, -0.2) is 36.2 Å². The summed E-state index contributed by atoms with van der Waals surface area (Å²) < 4.78 is 8.96. The molecule has 1 aliphatic heterocycles. The van der Waals surface area contributed by atoms with E-state index in [9.17, 15) is 0 Å². The molecule has 9 aromatic rings. The molecule has 1 aliphatic rings. The maximum Gasteiger partial charge on any atom is 0.235 e. The first-order valence-electron chi connectivity index (χ1n) is 21.5. The number of pyridine rings is 2. The highest BCUT2D eigenvalue weighted by atomic mass is 16.5. The lowest BCUT2D eigenvalue weighted by Crippen LogP contribution is -2.26. The van der Waals surface area contributed by atoms with Crippen molar-refractivity contribution in [1.29, 1.82) is 0 Å². The Morgan fingerprint density at radius 3 is 1.87 bits per heavy atom. The van der Waals surface area contributed by atoms with Crippen LogP contribution in [0, 0.1) is 41.5 Å². The number of benzene rings is 5. The van der Waals surface area contributed by atoms with Crippen LogP contribution in [0.15, 0.2) is 128 Å². The molecular weight excluding hydrogens is 777 g/mol. The van der Waals surface area contributed by atoms with E-state index < -0.39 is 0 Å². The second-order valence-corrected chi connectivity index (χ2v) is 18.0. The fourth-order valence-electron chi connectivity index (χ4n) is 9.36. The van der Waals surface area contributed by atoms with Crippen LogP contribution in [0.25, 0.3) is 50.4 Å². The van der Waals surface area contributed by atoms with Gasteiger partial charge >= 0.3 is 0 Å². The van der Waals surface area contributed by atoms with Gasteiger partial charge in [0.05, 0.1) is 16.7 Å². The van der Waals surface area contributed by atoms with Crippen molar-refractivity contribution >= 4 is 44.9 Å². The van der Waals surface area contributed by atoms with Crippen LogP contribution in [0.3, 0.4) is 0 Å². The summed E-state index contributed by atoms with van der Waals surface area (Å²) in [5.41, 5.74) is 14.1. The average molecular weight is 827 g/mol. The summed E-state index contributed by atoms with van der Waals surface area (Å²) in [5.74, 6) is 4.98. The molecule has 0 radical (unpaired) electrons. The molecule has 5 heterocycles. The minimum atomic E-state index is -0.0191. The Morgan fingerprint density at radius 2 is 1.19 bits per heavy atom. The maximum atomic E-state index is 6.71. The number of hydrogen-bond acceptors (Lipinski definition) is 8. The average Bonchev–Trinajstić information content (AvgIpc) is 3.79. The minimum Gasteiger partial charge on any atom is -0.457 e. The van der Waals surface area contributed by atoms with E-state index in [1.54, 1.807) is 0 Å². The summed E-state index contributed by atoms with van der Waals surface area (Å²) in [5, 5.41) is 2.30. The zero-order valence-corrected chi connectivity index (χ0v) is 37.3. The molecule has 10 rings (SSSR count). The Kier molecular flexibility index (Phi) is 9.59. The number of aromatic nitrogens is 6. The van der Waals surface area contributed by atoms with E-state index in [1.165, 1.54) is 22.1 Å². The van der Waals surface area contributed by atoms with Gasteiger partial charge in [-0.1, -0.05) is 80.4 Å². The van der Waals surface area contributed by atoms with Crippen molar-refractivity contribution in [2.24, 2.45) is 0 Å². The standard InChI is InChI=1S/C54H50N8O/c1-32-24-34(3)48(35(4)25-32)50-57-51(49-36(5)26-33(2)27-37(49)6)59-53(58-50)61-31-60(52-45(61)18-13-22-56-52)39-14-12-15-40(29-39)63-41-19-20-43-42-16-10-11-17-44(42)62(46(43)30-41)47-28-38(21-23-55-47)54(7,8)9/h10-30H,31H2,1-9H3. The van der Waals surface area contributed by atoms with Crippen LogP contribution in [0.1, 0.15) is 59.7 Å². The molecule has 9 nitrogen and oxygen atoms in total. The maximum absolute atomic E-state index is 6.71. The third kappa shape index (κ3) is 7.13. The molecule has 0 unspecified atom stereocenters. The predicted octanol–water partition coefficient (Wildman–Crippen LogP) is 13.3. The Bertz CT molecular complexity index is 3150. The molecule has 0 N–H and O–H groups in total. The van der Waals surface area contributed by atoms with Gasteiger partial charge < -0.3 is 9.64 Å². The summed E-state index contributed by atoms with van der Waals surface area (Å²) in [6, 6.07) is 40.1. The number of rotatable bonds is 7. The van der Waals surface area contributed by atoms with E-state index in [-0.39, 0.29) is 5.41 Å². The van der Waals surface area contributed by atoms with Gasteiger partial charge in [-0.3, -0.25) is 9.47 Å². The smallest absolute Gasteiger partial charge is 0.235 e. The number of aryl methyl sites for hydroxylation is 6. The van der Waals surface area contributed by atoms with Crippen molar-refractivity contribution in [3.8, 4) is 40.1 Å². The summed E-state index contributed by atoms with van der Waals surface area (Å²) in [7, 11) is 0. The van der Waals surface area contributed by atoms with Gasteiger partial charge in [-0.2, -0.15) is 9.97 Å².